The molecule has 2 aromatic carbocycles. The van der Waals surface area contributed by atoms with Crippen LogP contribution in [0.3, 0.4) is 0 Å². The normalized spacial score (nSPS) is 14.7. The van der Waals surface area contributed by atoms with Crippen molar-refractivity contribution in [3.05, 3.63) is 54.2 Å². The Morgan fingerprint density at radius 3 is 2.50 bits per heavy atom. The Labute approximate surface area is 151 Å². The van der Waals surface area contributed by atoms with E-state index in [0.717, 1.165) is 54.2 Å². The maximum Gasteiger partial charge on any atom is 0.352 e. The summed E-state index contributed by atoms with van der Waals surface area (Å²) in [5.74, 6) is -0.0379. The van der Waals surface area contributed by atoms with Crippen molar-refractivity contribution in [2.75, 3.05) is 43.1 Å². The first-order valence-electron chi connectivity index (χ1n) is 8.64. The highest BCUT2D eigenvalue weighted by atomic mass is 16.5. The summed E-state index contributed by atoms with van der Waals surface area (Å²) in [6, 6.07) is 15.8. The third kappa shape index (κ3) is 2.94. The zero-order chi connectivity index (χ0) is 18.1. The van der Waals surface area contributed by atoms with Gasteiger partial charge in [-0.1, -0.05) is 12.1 Å². The van der Waals surface area contributed by atoms with Crippen LogP contribution in [-0.4, -0.2) is 49.3 Å². The number of benzene rings is 2. The molecule has 3 aromatic rings. The van der Waals surface area contributed by atoms with Crippen LogP contribution < -0.4 is 14.5 Å². The maximum atomic E-state index is 11.1. The Kier molecular flexibility index (Phi) is 4.16. The number of hydrogen-bond acceptors (Lipinski definition) is 4. The molecule has 1 aliphatic rings. The number of nitrogens with zero attached hydrogens (tertiary/aromatic N) is 2. The molecule has 134 valence electrons. The third-order valence-electron chi connectivity index (χ3n) is 4.91. The zero-order valence-electron chi connectivity index (χ0n) is 14.6. The van der Waals surface area contributed by atoms with Crippen LogP contribution in [0.1, 0.15) is 10.5 Å². The van der Waals surface area contributed by atoms with Crippen molar-refractivity contribution in [1.29, 1.82) is 0 Å². The first kappa shape index (κ1) is 16.3. The Morgan fingerprint density at radius 1 is 1.04 bits per heavy atom. The molecule has 6 nitrogen and oxygen atoms in total. The van der Waals surface area contributed by atoms with E-state index >= 15 is 0 Å². The summed E-state index contributed by atoms with van der Waals surface area (Å²) in [7, 11) is 1.70. The number of para-hydroxylation sites is 2. The molecule has 0 radical (unpaired) electrons. The van der Waals surface area contributed by atoms with E-state index in [-0.39, 0.29) is 5.69 Å². The monoisotopic (exact) mass is 351 g/mol. The van der Waals surface area contributed by atoms with Crippen LogP contribution in [0.5, 0.6) is 5.75 Å². The molecule has 0 unspecified atom stereocenters. The van der Waals surface area contributed by atoms with E-state index in [0.29, 0.717) is 0 Å². The Hall–Kier alpha value is -3.15. The molecule has 0 saturated carbocycles. The highest BCUT2D eigenvalue weighted by molar-refractivity contribution is 5.94. The molecule has 0 atom stereocenters. The van der Waals surface area contributed by atoms with Gasteiger partial charge < -0.3 is 24.6 Å². The lowest BCUT2D eigenvalue weighted by Gasteiger charge is -2.37. The molecular formula is C20H21N3O3. The summed E-state index contributed by atoms with van der Waals surface area (Å²) in [5.41, 5.74) is 3.31. The predicted octanol–water partition coefficient (Wildman–Crippen LogP) is 3.20. The average Bonchev–Trinajstić information content (AvgIpc) is 3.12. The van der Waals surface area contributed by atoms with E-state index < -0.39 is 5.97 Å². The summed E-state index contributed by atoms with van der Waals surface area (Å²) < 4.78 is 5.47. The number of piperazine rings is 1. The number of fused-ring (bicyclic) bond motifs is 1. The molecule has 0 bridgehead atoms. The number of aromatic amines is 1. The molecule has 1 saturated heterocycles. The average molecular weight is 351 g/mol. The van der Waals surface area contributed by atoms with Gasteiger partial charge in [-0.2, -0.15) is 0 Å². The lowest BCUT2D eigenvalue weighted by Crippen LogP contribution is -2.46. The van der Waals surface area contributed by atoms with E-state index in [1.165, 1.54) is 0 Å². The summed E-state index contributed by atoms with van der Waals surface area (Å²) >= 11 is 0. The van der Waals surface area contributed by atoms with Crippen molar-refractivity contribution in [3.8, 4) is 5.75 Å². The van der Waals surface area contributed by atoms with E-state index in [2.05, 4.69) is 26.9 Å². The van der Waals surface area contributed by atoms with Crippen molar-refractivity contribution in [3.63, 3.8) is 0 Å². The third-order valence-corrected chi connectivity index (χ3v) is 4.91. The number of anilines is 2. The van der Waals surface area contributed by atoms with Gasteiger partial charge in [0.15, 0.2) is 0 Å². The lowest BCUT2D eigenvalue weighted by atomic mass is 10.2. The molecule has 4 rings (SSSR count). The lowest BCUT2D eigenvalue weighted by molar-refractivity contribution is 0.0691. The van der Waals surface area contributed by atoms with Crippen LogP contribution in [0, 0.1) is 0 Å². The van der Waals surface area contributed by atoms with Crippen molar-refractivity contribution in [2.45, 2.75) is 0 Å². The second-order valence-corrected chi connectivity index (χ2v) is 6.41. The first-order chi connectivity index (χ1) is 12.7. The minimum absolute atomic E-state index is 0.221. The molecule has 1 aliphatic heterocycles. The van der Waals surface area contributed by atoms with Crippen LogP contribution in [0.25, 0.3) is 10.9 Å². The van der Waals surface area contributed by atoms with Crippen LogP contribution >= 0.6 is 0 Å². The van der Waals surface area contributed by atoms with Crippen molar-refractivity contribution >= 4 is 28.2 Å². The van der Waals surface area contributed by atoms with E-state index in [1.54, 1.807) is 13.2 Å². The number of carboxylic acid groups (broad SMARTS) is 1. The quantitative estimate of drug-likeness (QED) is 0.755. The van der Waals surface area contributed by atoms with E-state index in [4.69, 9.17) is 9.84 Å². The van der Waals surface area contributed by atoms with E-state index in [1.807, 2.05) is 30.3 Å². The van der Waals surface area contributed by atoms with Crippen LogP contribution in [0.15, 0.2) is 48.5 Å². The number of hydrogen-bond donors (Lipinski definition) is 2. The number of H-pyrrole nitrogens is 1. The number of aromatic carboxylic acids is 1. The molecule has 0 amide bonds. The van der Waals surface area contributed by atoms with E-state index in [9.17, 15) is 4.79 Å². The van der Waals surface area contributed by atoms with Gasteiger partial charge in [-0.3, -0.25) is 0 Å². The summed E-state index contributed by atoms with van der Waals surface area (Å²) in [5, 5.41) is 10.0. The molecule has 26 heavy (non-hydrogen) atoms. The standard InChI is InChI=1S/C20H21N3O3/c1-26-19-5-3-2-4-18(19)23-10-8-22(9-11-23)15-6-7-16-14(12-15)13-17(21-16)20(24)25/h2-7,12-13,21H,8-11H2,1H3,(H,24,25). The highest BCUT2D eigenvalue weighted by Gasteiger charge is 2.20. The van der Waals surface area contributed by atoms with Gasteiger partial charge >= 0.3 is 5.97 Å². The molecule has 6 heteroatoms. The van der Waals surface area contributed by atoms with Gasteiger partial charge in [0, 0.05) is 42.8 Å². The van der Waals surface area contributed by atoms with Gasteiger partial charge in [-0.05, 0) is 36.4 Å². The van der Waals surface area contributed by atoms with Crippen molar-refractivity contribution in [2.24, 2.45) is 0 Å². The largest absolute Gasteiger partial charge is 0.495 e. The van der Waals surface area contributed by atoms with Crippen LogP contribution in [0.4, 0.5) is 11.4 Å². The Bertz CT molecular complexity index is 942. The fraction of sp³-hybridized carbons (Fsp3) is 0.250. The Morgan fingerprint density at radius 2 is 1.77 bits per heavy atom. The molecule has 2 heterocycles. The molecule has 1 fully saturated rings. The number of ether oxygens (including phenoxy) is 1. The Balaban J connectivity index is 1.51. The topological polar surface area (TPSA) is 68.8 Å². The number of rotatable bonds is 4. The molecular weight excluding hydrogens is 330 g/mol. The molecule has 0 spiro atoms. The van der Waals surface area contributed by atoms with Gasteiger partial charge in [0.25, 0.3) is 0 Å². The number of aromatic nitrogens is 1. The second-order valence-electron chi connectivity index (χ2n) is 6.41. The first-order valence-corrected chi connectivity index (χ1v) is 8.64. The molecule has 1 aromatic heterocycles. The van der Waals surface area contributed by atoms with Crippen molar-refractivity contribution < 1.29 is 14.6 Å². The van der Waals surface area contributed by atoms with Gasteiger partial charge in [-0.15, -0.1) is 0 Å². The predicted molar refractivity (Wildman–Crippen MR) is 103 cm³/mol. The minimum Gasteiger partial charge on any atom is -0.495 e. The minimum atomic E-state index is -0.937. The van der Waals surface area contributed by atoms with Gasteiger partial charge in [0.05, 0.1) is 12.8 Å². The number of nitrogens with one attached hydrogen (secondary N) is 1. The van der Waals surface area contributed by atoms with Gasteiger partial charge in [-0.25, -0.2) is 4.79 Å². The van der Waals surface area contributed by atoms with Gasteiger partial charge in [0.2, 0.25) is 0 Å². The van der Waals surface area contributed by atoms with Gasteiger partial charge in [0.1, 0.15) is 11.4 Å². The summed E-state index contributed by atoms with van der Waals surface area (Å²) in [4.78, 5) is 18.7. The molecule has 2 N–H and O–H groups in total. The second kappa shape index (κ2) is 6.63. The van der Waals surface area contributed by atoms with Crippen LogP contribution in [-0.2, 0) is 0 Å². The number of methoxy groups -OCH3 is 1. The smallest absolute Gasteiger partial charge is 0.352 e. The zero-order valence-corrected chi connectivity index (χ0v) is 14.6. The summed E-state index contributed by atoms with van der Waals surface area (Å²) in [6.07, 6.45) is 0. The SMILES string of the molecule is COc1ccccc1N1CCN(c2ccc3[nH]c(C(=O)O)cc3c2)CC1. The number of carbonyl (C=O) groups is 1. The fourth-order valence-electron chi connectivity index (χ4n) is 3.53. The molecule has 0 aliphatic carbocycles. The fourth-order valence-corrected chi connectivity index (χ4v) is 3.53. The number of carboxylic acids is 1. The highest BCUT2D eigenvalue weighted by Crippen LogP contribution is 2.30. The van der Waals surface area contributed by atoms with Crippen LogP contribution in [0.2, 0.25) is 0 Å². The maximum absolute atomic E-state index is 11.1. The van der Waals surface area contributed by atoms with Crippen molar-refractivity contribution in [1.82, 2.24) is 4.98 Å². The summed E-state index contributed by atoms with van der Waals surface area (Å²) in [6.45, 7) is 3.62.